The molecule has 0 N–H and O–H groups in total. The van der Waals surface area contributed by atoms with Crippen molar-refractivity contribution in [1.82, 2.24) is 24.9 Å². The van der Waals surface area contributed by atoms with Crippen LogP contribution in [0.4, 0.5) is 0 Å². The minimum absolute atomic E-state index is 0.646. The molecular weight excluding hydrogens is 1340 g/mol. The molecule has 1 aliphatic rings. The Labute approximate surface area is 628 Å². The van der Waals surface area contributed by atoms with Crippen LogP contribution in [0.2, 0.25) is 0 Å². The van der Waals surface area contributed by atoms with Crippen LogP contribution in [0.25, 0.3) is 170 Å². The van der Waals surface area contributed by atoms with Gasteiger partial charge in [0.25, 0.3) is 0 Å². The van der Waals surface area contributed by atoms with Crippen LogP contribution in [-0.4, -0.2) is 30.6 Å². The first-order valence-electron chi connectivity index (χ1n) is 35.9. The van der Waals surface area contributed by atoms with E-state index in [0.717, 1.165) is 146 Å². The van der Waals surface area contributed by atoms with Crippen molar-refractivity contribution in [2.45, 2.75) is 6.42 Å². The Morgan fingerprint density at radius 2 is 0.682 bits per heavy atom. The highest BCUT2D eigenvalue weighted by atomic mass is 32.1. The Kier molecular flexibility index (Phi) is 16.8. The lowest BCUT2D eigenvalue weighted by Gasteiger charge is -2.13. The molecule has 0 fully saturated rings. The predicted octanol–water partition coefficient (Wildman–Crippen LogP) is 26.3. The maximum Gasteiger partial charge on any atom is 0.160 e. The normalized spacial score (nSPS) is 13.1. The first-order chi connectivity index (χ1) is 52.9. The van der Waals surface area contributed by atoms with E-state index < -0.39 is 0 Å². The molecule has 19 rings (SSSR count). The molecule has 0 unspecified atom stereocenters. The molecule has 0 radical (unpaired) electrons. The smallest absolute Gasteiger partial charge is 0.160 e. The maximum atomic E-state index is 5.54. The summed E-state index contributed by atoms with van der Waals surface area (Å²) in [6, 6.07) is 122. The summed E-state index contributed by atoms with van der Waals surface area (Å²) in [6.45, 7) is 4.44. The Bertz CT molecular complexity index is 6520. The molecule has 0 amide bonds. The number of allylic oxidation sites excluding steroid dienone is 4. The number of thiophene rings is 2. The average molecular weight is 1400 g/mol. The number of pyridine rings is 1. The molecule has 502 valence electrons. The van der Waals surface area contributed by atoms with Gasteiger partial charge in [-0.1, -0.05) is 322 Å². The lowest BCUT2D eigenvalue weighted by molar-refractivity contribution is 1.18. The van der Waals surface area contributed by atoms with Gasteiger partial charge >= 0.3 is 0 Å². The maximum absolute atomic E-state index is 5.54. The fraction of sp³-hybridized carbons (Fsp3) is 0.0101. The van der Waals surface area contributed by atoms with Gasteiger partial charge in [0.15, 0.2) is 11.6 Å². The highest BCUT2D eigenvalue weighted by molar-refractivity contribution is 7.26. The molecule has 0 saturated heterocycles. The third-order valence-corrected chi connectivity index (χ3v) is 22.6. The number of hydrogen-bond acceptors (Lipinski definition) is 8. The van der Waals surface area contributed by atoms with Crippen LogP contribution in [-0.2, 0) is 6.42 Å². The quantitative estimate of drug-likeness (QED) is 0.115. The van der Waals surface area contributed by atoms with Gasteiger partial charge in [0.05, 0.1) is 45.4 Å². The van der Waals surface area contributed by atoms with Crippen LogP contribution in [0.15, 0.2) is 381 Å². The minimum Gasteiger partial charge on any atom is -0.248 e. The second-order valence-corrected chi connectivity index (χ2v) is 29.1. The molecule has 107 heavy (non-hydrogen) atoms. The van der Waals surface area contributed by atoms with Gasteiger partial charge in [-0.2, -0.15) is 0 Å². The summed E-state index contributed by atoms with van der Waals surface area (Å²) >= 11 is 3.65. The summed E-state index contributed by atoms with van der Waals surface area (Å²) in [4.78, 5) is 33.1. The fourth-order valence-corrected chi connectivity index (χ4v) is 17.0. The summed E-state index contributed by atoms with van der Waals surface area (Å²) in [5.41, 5.74) is 27.4. The van der Waals surface area contributed by atoms with E-state index in [0.29, 0.717) is 17.3 Å². The van der Waals surface area contributed by atoms with E-state index >= 15 is 0 Å². The van der Waals surface area contributed by atoms with Gasteiger partial charge in [0, 0.05) is 97.0 Å². The zero-order valence-electron chi connectivity index (χ0n) is 58.1. The van der Waals surface area contributed by atoms with Crippen molar-refractivity contribution in [3.63, 3.8) is 0 Å². The van der Waals surface area contributed by atoms with Crippen LogP contribution >= 0.6 is 22.7 Å². The molecule has 0 atom stereocenters. The van der Waals surface area contributed by atoms with Crippen LogP contribution in [0, 0.1) is 0 Å². The van der Waals surface area contributed by atoms with Crippen molar-refractivity contribution < 1.29 is 0 Å². The molecule has 8 heteroatoms. The van der Waals surface area contributed by atoms with Crippen molar-refractivity contribution in [3.05, 3.63) is 398 Å². The molecule has 6 heterocycles. The van der Waals surface area contributed by atoms with Crippen molar-refractivity contribution in [2.75, 3.05) is 0 Å². The van der Waals surface area contributed by atoms with Crippen molar-refractivity contribution >= 4 is 75.1 Å². The molecule has 6 nitrogen and oxygen atoms in total. The number of rotatable bonds is 13. The first kappa shape index (κ1) is 64.3. The summed E-state index contributed by atoms with van der Waals surface area (Å²) in [5.74, 6) is 1.32. The van der Waals surface area contributed by atoms with Gasteiger partial charge in [-0.05, 0) is 104 Å². The number of aliphatic imine (C=N–C) groups is 1. The van der Waals surface area contributed by atoms with Crippen molar-refractivity contribution in [3.8, 4) is 124 Å². The molecule has 5 aromatic heterocycles. The zero-order valence-corrected chi connectivity index (χ0v) is 59.7. The number of aromatic nitrogens is 5. The Balaban J connectivity index is 0.618. The summed E-state index contributed by atoms with van der Waals surface area (Å²) in [5, 5.41) is 4.64. The third kappa shape index (κ3) is 12.8. The average Bonchev–Trinajstić information content (AvgIpc) is 1.62. The predicted molar refractivity (Wildman–Crippen MR) is 449 cm³/mol. The van der Waals surface area contributed by atoms with Gasteiger partial charge in [0.1, 0.15) is 0 Å². The van der Waals surface area contributed by atoms with Crippen LogP contribution in [0.3, 0.4) is 0 Å². The zero-order chi connectivity index (χ0) is 71.2. The first-order valence-corrected chi connectivity index (χ1v) is 37.6. The van der Waals surface area contributed by atoms with E-state index in [1.165, 1.54) is 46.4 Å². The number of hydrogen-bond donors (Lipinski definition) is 0. The van der Waals surface area contributed by atoms with E-state index in [1.807, 2.05) is 59.1 Å². The summed E-state index contributed by atoms with van der Waals surface area (Å²) < 4.78 is 3.65. The molecule has 13 aromatic carbocycles. The number of benzene rings is 13. The second-order valence-electron chi connectivity index (χ2n) is 26.9. The minimum atomic E-state index is 0.646. The topological polar surface area (TPSA) is 76.8 Å². The molecule has 18 aromatic rings. The van der Waals surface area contributed by atoms with Crippen LogP contribution in [0.1, 0.15) is 21.6 Å². The molecular formula is C99H64N6S2. The van der Waals surface area contributed by atoms with Gasteiger partial charge < -0.3 is 0 Å². The molecule has 0 spiro atoms. The van der Waals surface area contributed by atoms with Gasteiger partial charge in [-0.25, -0.2) is 29.9 Å². The van der Waals surface area contributed by atoms with Crippen LogP contribution < -0.4 is 0 Å². The van der Waals surface area contributed by atoms with Crippen LogP contribution in [0.5, 0.6) is 0 Å². The molecule has 0 aliphatic carbocycles. The Hall–Kier alpha value is -13.5. The fourth-order valence-electron chi connectivity index (χ4n) is 14.6. The number of fused-ring (bicyclic) bond motifs is 8. The van der Waals surface area contributed by atoms with E-state index in [9.17, 15) is 0 Å². The van der Waals surface area contributed by atoms with Gasteiger partial charge in [-0.15, -0.1) is 22.7 Å². The van der Waals surface area contributed by atoms with E-state index in [4.69, 9.17) is 29.9 Å². The lowest BCUT2D eigenvalue weighted by Crippen LogP contribution is -2.06. The number of nitrogens with zero attached hydrogens (tertiary/aromatic N) is 6. The summed E-state index contributed by atoms with van der Waals surface area (Å²) in [6.07, 6.45) is 7.25. The van der Waals surface area contributed by atoms with Crippen molar-refractivity contribution in [2.24, 2.45) is 4.99 Å². The van der Waals surface area contributed by atoms with E-state index in [1.54, 1.807) is 0 Å². The standard InChI is InChI=1S/C99H64N6S2/c1-63-33-34-66(56-58-92-93(82-29-14-16-31-90(82)106-92)95(100-63)75-23-10-4-11-24-75)69-43-53-78(54-44-69)99-103-86(72-45-35-67(36-46-72)64-19-6-2-7-20-64)61-87(104-99)74-49-39-70(40-50-74)79-27-18-28-80(59-79)71-41-51-76(52-42-71)96-94-83-30-15-17-32-91(83)107-97(94)84-60-81(55-57-85(84)101-96)89-62-88(102-98(105-89)77-25-12-5-13-26-77)73-47-37-68(38-48-73)65-21-8-3-9-22-65/h2-57,59-62H,1,58H2/b34-33-,66-56+,100-95?. The third-order valence-electron chi connectivity index (χ3n) is 20.2. The van der Waals surface area contributed by atoms with Gasteiger partial charge in [-0.3, -0.25) is 0 Å². The summed E-state index contributed by atoms with van der Waals surface area (Å²) in [7, 11) is 0. The molecule has 0 saturated carbocycles. The molecule has 0 bridgehead atoms. The lowest BCUT2D eigenvalue weighted by atomic mass is 9.96. The highest BCUT2D eigenvalue weighted by Gasteiger charge is 2.23. The molecule has 1 aliphatic heterocycles. The van der Waals surface area contributed by atoms with E-state index in [-0.39, 0.29) is 0 Å². The second kappa shape index (κ2) is 27.9. The SMILES string of the molecule is C=C1/C=C\C(c2ccc(-c3nc(-c4ccc(-c5ccccc5)cc4)cc(-c4ccc(-c5cccc(-c6ccc(-c7nc8ccc(-c9cc(-c%10ccc(-c%11ccccc%11)cc%10)nc(-c%10ccccc%10)n9)cc8c8sc9ccccc9c78)cc6)c5)cc4)n3)cc2)=C/Cc2sc3ccccc3c2C(c2ccccc2)=N1. The van der Waals surface area contributed by atoms with E-state index in [2.05, 4.69) is 334 Å². The Morgan fingerprint density at radius 3 is 1.23 bits per heavy atom. The highest BCUT2D eigenvalue weighted by Crippen LogP contribution is 2.45. The monoisotopic (exact) mass is 1400 g/mol. The largest absolute Gasteiger partial charge is 0.248 e. The van der Waals surface area contributed by atoms with Gasteiger partial charge in [0.2, 0.25) is 0 Å². The Morgan fingerprint density at radius 1 is 0.280 bits per heavy atom. The van der Waals surface area contributed by atoms with Crippen molar-refractivity contribution in [1.29, 1.82) is 0 Å².